The van der Waals surface area contributed by atoms with Crippen molar-refractivity contribution in [1.82, 2.24) is 24.7 Å². The average Bonchev–Trinajstić information content (AvgIpc) is 3.11. The van der Waals surface area contributed by atoms with Crippen molar-refractivity contribution in [3.8, 4) is 11.1 Å². The van der Waals surface area contributed by atoms with Gasteiger partial charge < -0.3 is 10.1 Å². The molecule has 8 nitrogen and oxygen atoms in total. The molecule has 0 spiro atoms. The smallest absolute Gasteiger partial charge is 0.435 e. The Kier molecular flexibility index (Phi) is 5.60. The predicted octanol–water partition coefficient (Wildman–Crippen LogP) is 4.48. The van der Waals surface area contributed by atoms with E-state index in [9.17, 15) is 4.79 Å². The van der Waals surface area contributed by atoms with Crippen LogP contribution >= 0.6 is 11.6 Å². The summed E-state index contributed by atoms with van der Waals surface area (Å²) in [5.74, 6) is 1.01. The lowest BCUT2D eigenvalue weighted by Gasteiger charge is -2.18. The third kappa shape index (κ3) is 5.04. The number of benzene rings is 1. The highest BCUT2D eigenvalue weighted by Gasteiger charge is 2.18. The first-order valence-corrected chi connectivity index (χ1v) is 9.17. The number of carbonyl (C=O) groups is 1. The Balaban J connectivity index is 1.73. The summed E-state index contributed by atoms with van der Waals surface area (Å²) in [7, 11) is 0. The number of rotatable bonds is 4. The first-order chi connectivity index (χ1) is 13.2. The summed E-state index contributed by atoms with van der Waals surface area (Å²) < 4.78 is 6.50. The second kappa shape index (κ2) is 7.93. The van der Waals surface area contributed by atoms with Crippen LogP contribution in [0.2, 0.25) is 5.28 Å². The van der Waals surface area contributed by atoms with Crippen molar-refractivity contribution in [2.24, 2.45) is 0 Å². The zero-order valence-electron chi connectivity index (χ0n) is 16.1. The van der Waals surface area contributed by atoms with Gasteiger partial charge in [0.25, 0.3) is 0 Å². The van der Waals surface area contributed by atoms with E-state index in [1.165, 1.54) is 4.68 Å². The van der Waals surface area contributed by atoms with E-state index in [2.05, 4.69) is 25.4 Å². The van der Waals surface area contributed by atoms with Crippen molar-refractivity contribution in [2.45, 2.75) is 39.7 Å². The lowest BCUT2D eigenvalue weighted by atomic mass is 10.1. The predicted molar refractivity (Wildman–Crippen MR) is 107 cm³/mol. The van der Waals surface area contributed by atoms with Gasteiger partial charge in [-0.1, -0.05) is 19.1 Å². The maximum absolute atomic E-state index is 12.1. The summed E-state index contributed by atoms with van der Waals surface area (Å²) in [6.45, 7) is 7.38. The Bertz CT molecular complexity index is 979. The molecule has 0 aliphatic rings. The molecule has 2 heterocycles. The fourth-order valence-corrected chi connectivity index (χ4v) is 2.54. The number of nitrogens with zero attached hydrogens (tertiary/aromatic N) is 5. The van der Waals surface area contributed by atoms with E-state index in [-0.39, 0.29) is 5.28 Å². The second-order valence-electron chi connectivity index (χ2n) is 7.05. The van der Waals surface area contributed by atoms with Crippen LogP contribution in [0, 0.1) is 0 Å². The van der Waals surface area contributed by atoms with Gasteiger partial charge in [-0.25, -0.2) is 9.78 Å². The minimum absolute atomic E-state index is 0.153. The van der Waals surface area contributed by atoms with Gasteiger partial charge in [-0.3, -0.25) is 0 Å². The van der Waals surface area contributed by atoms with Gasteiger partial charge >= 0.3 is 6.09 Å². The Morgan fingerprint density at radius 3 is 2.50 bits per heavy atom. The molecule has 28 heavy (non-hydrogen) atoms. The number of anilines is 2. The molecule has 0 amide bonds. The monoisotopic (exact) mass is 400 g/mol. The molecule has 0 radical (unpaired) electrons. The maximum Gasteiger partial charge on any atom is 0.435 e. The topological polar surface area (TPSA) is 94.8 Å². The summed E-state index contributed by atoms with van der Waals surface area (Å²) in [6, 6.07) is 7.57. The highest BCUT2D eigenvalue weighted by molar-refractivity contribution is 6.28. The van der Waals surface area contributed by atoms with E-state index in [1.807, 2.05) is 52.0 Å². The van der Waals surface area contributed by atoms with Crippen molar-refractivity contribution in [1.29, 1.82) is 0 Å². The molecule has 0 fully saturated rings. The van der Waals surface area contributed by atoms with Crippen LogP contribution in [0.5, 0.6) is 0 Å². The molecule has 0 unspecified atom stereocenters. The molecule has 2 aromatic heterocycles. The SMILES string of the molecule is CCc1nc(Cl)nc(Nc2ccc(-c3cnn(C(=O)OC(C)(C)C)c3)cc2)n1. The number of aryl methyl sites for hydroxylation is 1. The molecule has 0 saturated carbocycles. The molecule has 146 valence electrons. The Labute approximate surface area is 167 Å². The standard InChI is InChI=1S/C19H21ClN6O2/c1-5-15-23-16(20)25-17(24-15)22-14-8-6-12(7-9-14)13-10-21-26(11-13)18(27)28-19(2,3)4/h6-11H,5H2,1-4H3,(H,22,23,24,25). The third-order valence-electron chi connectivity index (χ3n) is 3.61. The van der Waals surface area contributed by atoms with Gasteiger partial charge in [0, 0.05) is 23.9 Å². The van der Waals surface area contributed by atoms with Crippen LogP contribution in [-0.4, -0.2) is 36.4 Å². The van der Waals surface area contributed by atoms with Gasteiger partial charge in [-0.15, -0.1) is 0 Å². The van der Waals surface area contributed by atoms with E-state index in [4.69, 9.17) is 16.3 Å². The van der Waals surface area contributed by atoms with Crippen LogP contribution in [0.4, 0.5) is 16.4 Å². The molecule has 0 bridgehead atoms. The molecule has 1 aromatic carbocycles. The molecular weight excluding hydrogens is 380 g/mol. The van der Waals surface area contributed by atoms with E-state index >= 15 is 0 Å². The molecule has 0 atom stereocenters. The van der Waals surface area contributed by atoms with E-state index in [1.54, 1.807) is 12.4 Å². The second-order valence-corrected chi connectivity index (χ2v) is 7.39. The molecule has 0 aliphatic heterocycles. The fourth-order valence-electron chi connectivity index (χ4n) is 2.36. The zero-order chi connectivity index (χ0) is 20.3. The average molecular weight is 401 g/mol. The largest absolute Gasteiger partial charge is 0.442 e. The van der Waals surface area contributed by atoms with Crippen LogP contribution < -0.4 is 5.32 Å². The molecular formula is C19H21ClN6O2. The minimum atomic E-state index is -0.577. The number of halogens is 1. The maximum atomic E-state index is 12.1. The Hall–Kier alpha value is -3.00. The van der Waals surface area contributed by atoms with Crippen molar-refractivity contribution >= 4 is 29.3 Å². The number of ether oxygens (including phenoxy) is 1. The lowest BCUT2D eigenvalue weighted by Crippen LogP contribution is -2.27. The van der Waals surface area contributed by atoms with E-state index in [0.29, 0.717) is 18.2 Å². The summed E-state index contributed by atoms with van der Waals surface area (Å²) in [5, 5.41) is 7.34. The van der Waals surface area contributed by atoms with Gasteiger partial charge in [0.05, 0.1) is 6.20 Å². The molecule has 0 aliphatic carbocycles. The van der Waals surface area contributed by atoms with Crippen LogP contribution in [-0.2, 0) is 11.2 Å². The summed E-state index contributed by atoms with van der Waals surface area (Å²) in [6.07, 6.45) is 3.40. The molecule has 3 rings (SSSR count). The van der Waals surface area contributed by atoms with Crippen LogP contribution in [0.15, 0.2) is 36.7 Å². The Morgan fingerprint density at radius 2 is 1.86 bits per heavy atom. The molecule has 1 N–H and O–H groups in total. The normalized spacial score (nSPS) is 11.3. The molecule has 9 heteroatoms. The highest BCUT2D eigenvalue weighted by Crippen LogP contribution is 2.23. The number of nitrogens with one attached hydrogen (secondary N) is 1. The first-order valence-electron chi connectivity index (χ1n) is 8.79. The van der Waals surface area contributed by atoms with Crippen molar-refractivity contribution in [3.63, 3.8) is 0 Å². The van der Waals surface area contributed by atoms with Crippen LogP contribution in [0.3, 0.4) is 0 Å². The van der Waals surface area contributed by atoms with E-state index in [0.717, 1.165) is 16.8 Å². The van der Waals surface area contributed by atoms with E-state index < -0.39 is 11.7 Å². The summed E-state index contributed by atoms with van der Waals surface area (Å²) in [4.78, 5) is 24.5. The van der Waals surface area contributed by atoms with Gasteiger partial charge in [0.1, 0.15) is 11.4 Å². The fraction of sp³-hybridized carbons (Fsp3) is 0.316. The van der Waals surface area contributed by atoms with Gasteiger partial charge in [0.15, 0.2) is 0 Å². The third-order valence-corrected chi connectivity index (χ3v) is 3.78. The van der Waals surface area contributed by atoms with Gasteiger partial charge in [0.2, 0.25) is 11.2 Å². The summed E-state index contributed by atoms with van der Waals surface area (Å²) in [5.41, 5.74) is 1.93. The summed E-state index contributed by atoms with van der Waals surface area (Å²) >= 11 is 5.92. The lowest BCUT2D eigenvalue weighted by molar-refractivity contribution is 0.0514. The molecule has 3 aromatic rings. The van der Waals surface area contributed by atoms with Crippen LogP contribution in [0.25, 0.3) is 11.1 Å². The van der Waals surface area contributed by atoms with Gasteiger partial charge in [-0.2, -0.15) is 19.7 Å². The van der Waals surface area contributed by atoms with Crippen molar-refractivity contribution in [3.05, 3.63) is 47.8 Å². The zero-order valence-corrected chi connectivity index (χ0v) is 16.9. The Morgan fingerprint density at radius 1 is 1.14 bits per heavy atom. The first kappa shape index (κ1) is 19.8. The number of hydrogen-bond donors (Lipinski definition) is 1. The van der Waals surface area contributed by atoms with Gasteiger partial charge in [-0.05, 0) is 50.1 Å². The minimum Gasteiger partial charge on any atom is -0.442 e. The van der Waals surface area contributed by atoms with Crippen molar-refractivity contribution < 1.29 is 9.53 Å². The number of hydrogen-bond acceptors (Lipinski definition) is 7. The quantitative estimate of drug-likeness (QED) is 0.689. The number of carbonyl (C=O) groups excluding carboxylic acids is 1. The number of aromatic nitrogens is 5. The molecule has 0 saturated heterocycles. The highest BCUT2D eigenvalue weighted by atomic mass is 35.5. The van der Waals surface area contributed by atoms with Crippen molar-refractivity contribution in [2.75, 3.05) is 5.32 Å². The van der Waals surface area contributed by atoms with Crippen LogP contribution in [0.1, 0.15) is 33.5 Å².